The highest BCUT2D eigenvalue weighted by molar-refractivity contribution is 7.09. The van der Waals surface area contributed by atoms with E-state index < -0.39 is 0 Å². The minimum atomic E-state index is 0.697. The Balaban J connectivity index is 1.74. The summed E-state index contributed by atoms with van der Waals surface area (Å²) in [7, 11) is 0. The van der Waals surface area contributed by atoms with E-state index in [9.17, 15) is 0 Å². The van der Waals surface area contributed by atoms with Crippen molar-refractivity contribution >= 4 is 28.6 Å². The molecule has 0 radical (unpaired) electrons. The third-order valence-corrected chi connectivity index (χ3v) is 4.37. The number of hydrogen-bond donors (Lipinski definition) is 1. The zero-order valence-electron chi connectivity index (χ0n) is 9.45. The fourth-order valence-electron chi connectivity index (χ4n) is 2.39. The lowest BCUT2D eigenvalue weighted by molar-refractivity contribution is 0.539. The molecule has 1 aromatic carbocycles. The van der Waals surface area contributed by atoms with Crippen molar-refractivity contribution in [3.05, 3.63) is 51.2 Å². The Labute approximate surface area is 110 Å². The molecule has 0 aliphatic carbocycles. The molecule has 0 saturated heterocycles. The molecule has 1 unspecified atom stereocenters. The van der Waals surface area contributed by atoms with Crippen molar-refractivity contribution in [2.75, 3.05) is 11.9 Å². The van der Waals surface area contributed by atoms with Gasteiger partial charge in [-0.1, -0.05) is 23.7 Å². The maximum absolute atomic E-state index is 5.99. The average Bonchev–Trinajstić information content (AvgIpc) is 2.82. The van der Waals surface area contributed by atoms with Crippen molar-refractivity contribution < 1.29 is 0 Å². The fraction of sp³-hybridized carbons (Fsp3) is 0.286. The Bertz CT molecular complexity index is 507. The van der Waals surface area contributed by atoms with E-state index in [1.807, 2.05) is 23.5 Å². The van der Waals surface area contributed by atoms with Crippen LogP contribution in [0.4, 0.5) is 5.69 Å². The van der Waals surface area contributed by atoms with Gasteiger partial charge in [0.1, 0.15) is 0 Å². The monoisotopic (exact) mass is 263 g/mol. The molecule has 1 aliphatic rings. The predicted octanol–water partition coefficient (Wildman–Crippen LogP) is 4.23. The topological polar surface area (TPSA) is 12.0 Å². The molecule has 1 N–H and O–H groups in total. The summed E-state index contributed by atoms with van der Waals surface area (Å²) in [4.78, 5) is 1.48. The molecular formula is C14H14ClNS. The van der Waals surface area contributed by atoms with Gasteiger partial charge >= 0.3 is 0 Å². The van der Waals surface area contributed by atoms with Crippen LogP contribution in [0.25, 0.3) is 0 Å². The van der Waals surface area contributed by atoms with Gasteiger partial charge in [-0.2, -0.15) is 0 Å². The molecule has 88 valence electrons. The first-order chi connectivity index (χ1) is 8.31. The molecule has 2 heterocycles. The van der Waals surface area contributed by atoms with Crippen molar-refractivity contribution in [1.29, 1.82) is 0 Å². The van der Waals surface area contributed by atoms with E-state index >= 15 is 0 Å². The Morgan fingerprint density at radius 3 is 3.12 bits per heavy atom. The molecule has 0 amide bonds. The number of hydrogen-bond acceptors (Lipinski definition) is 2. The van der Waals surface area contributed by atoms with Crippen LogP contribution in [-0.4, -0.2) is 6.54 Å². The number of fused-ring (bicyclic) bond motifs is 1. The molecule has 1 nitrogen and oxygen atoms in total. The number of halogens is 1. The average molecular weight is 264 g/mol. The smallest absolute Gasteiger partial charge is 0.0426 e. The van der Waals surface area contributed by atoms with E-state index in [2.05, 4.69) is 28.9 Å². The maximum atomic E-state index is 5.99. The van der Waals surface area contributed by atoms with Gasteiger partial charge in [-0.15, -0.1) is 11.3 Å². The maximum Gasteiger partial charge on any atom is 0.0426 e. The second kappa shape index (κ2) is 4.71. The van der Waals surface area contributed by atoms with E-state index in [0.717, 1.165) is 18.0 Å². The second-order valence-corrected chi connectivity index (χ2v) is 6.00. The van der Waals surface area contributed by atoms with Gasteiger partial charge < -0.3 is 5.32 Å². The summed E-state index contributed by atoms with van der Waals surface area (Å²) in [6.45, 7) is 1.05. The summed E-state index contributed by atoms with van der Waals surface area (Å²) < 4.78 is 0. The Morgan fingerprint density at radius 2 is 2.29 bits per heavy atom. The van der Waals surface area contributed by atoms with E-state index in [-0.39, 0.29) is 0 Å². The highest BCUT2D eigenvalue weighted by Gasteiger charge is 2.18. The van der Waals surface area contributed by atoms with E-state index in [0.29, 0.717) is 5.92 Å². The predicted molar refractivity (Wildman–Crippen MR) is 75.2 cm³/mol. The molecule has 2 aromatic rings. The first-order valence-electron chi connectivity index (χ1n) is 5.86. The minimum absolute atomic E-state index is 0.697. The van der Waals surface area contributed by atoms with Crippen LogP contribution in [0.15, 0.2) is 35.7 Å². The summed E-state index contributed by atoms with van der Waals surface area (Å²) >= 11 is 7.84. The number of thiophene rings is 1. The lowest BCUT2D eigenvalue weighted by Gasteiger charge is -2.26. The van der Waals surface area contributed by atoms with Gasteiger partial charge in [0.15, 0.2) is 0 Å². The van der Waals surface area contributed by atoms with Gasteiger partial charge in [-0.3, -0.25) is 0 Å². The quantitative estimate of drug-likeness (QED) is 0.855. The number of anilines is 1. The molecule has 3 rings (SSSR count). The first kappa shape index (κ1) is 11.1. The van der Waals surface area contributed by atoms with Crippen LogP contribution in [0, 0.1) is 5.92 Å². The molecule has 0 saturated carbocycles. The van der Waals surface area contributed by atoms with Crippen LogP contribution in [0.5, 0.6) is 0 Å². The lowest BCUT2D eigenvalue weighted by Crippen LogP contribution is -2.24. The van der Waals surface area contributed by atoms with Crippen LogP contribution in [0.1, 0.15) is 10.4 Å². The zero-order chi connectivity index (χ0) is 11.7. The molecule has 0 fully saturated rings. The normalized spacial score (nSPS) is 18.5. The van der Waals surface area contributed by atoms with Crippen LogP contribution < -0.4 is 5.32 Å². The van der Waals surface area contributed by atoms with Gasteiger partial charge in [0.25, 0.3) is 0 Å². The van der Waals surface area contributed by atoms with Crippen LogP contribution >= 0.6 is 22.9 Å². The molecule has 3 heteroatoms. The summed E-state index contributed by atoms with van der Waals surface area (Å²) in [5.41, 5.74) is 2.60. The third kappa shape index (κ3) is 2.48. The van der Waals surface area contributed by atoms with Gasteiger partial charge in [0.05, 0.1) is 0 Å². The van der Waals surface area contributed by atoms with Crippen LogP contribution in [-0.2, 0) is 12.8 Å². The van der Waals surface area contributed by atoms with Crippen molar-refractivity contribution in [3.8, 4) is 0 Å². The van der Waals surface area contributed by atoms with E-state index in [4.69, 9.17) is 11.6 Å². The lowest BCUT2D eigenvalue weighted by atomic mass is 9.91. The largest absolute Gasteiger partial charge is 0.384 e. The zero-order valence-corrected chi connectivity index (χ0v) is 11.0. The summed E-state index contributed by atoms with van der Waals surface area (Å²) in [5.74, 6) is 0.697. The van der Waals surface area contributed by atoms with Crippen molar-refractivity contribution in [2.24, 2.45) is 5.92 Å². The molecule has 1 aromatic heterocycles. The van der Waals surface area contributed by atoms with E-state index in [1.54, 1.807) is 0 Å². The van der Waals surface area contributed by atoms with Crippen LogP contribution in [0.2, 0.25) is 5.02 Å². The standard InChI is InChI=1S/C14H14ClNS/c15-12-4-3-11-6-10(9-16-14(11)8-12)7-13-2-1-5-17-13/h1-5,8,10,16H,6-7,9H2. The minimum Gasteiger partial charge on any atom is -0.384 e. The highest BCUT2D eigenvalue weighted by Crippen LogP contribution is 2.29. The first-order valence-corrected chi connectivity index (χ1v) is 7.12. The highest BCUT2D eigenvalue weighted by atomic mass is 35.5. The van der Waals surface area contributed by atoms with Crippen LogP contribution in [0.3, 0.4) is 0 Å². The molecule has 0 spiro atoms. The third-order valence-electron chi connectivity index (χ3n) is 3.23. The number of nitrogens with one attached hydrogen (secondary N) is 1. The summed E-state index contributed by atoms with van der Waals surface area (Å²) in [6.07, 6.45) is 2.32. The number of benzene rings is 1. The molecule has 0 bridgehead atoms. The molecule has 17 heavy (non-hydrogen) atoms. The summed E-state index contributed by atoms with van der Waals surface area (Å²) in [5, 5.41) is 6.45. The summed E-state index contributed by atoms with van der Waals surface area (Å²) in [6, 6.07) is 10.5. The van der Waals surface area contributed by atoms with Gasteiger partial charge in [0.2, 0.25) is 0 Å². The fourth-order valence-corrected chi connectivity index (χ4v) is 3.38. The number of rotatable bonds is 2. The van der Waals surface area contributed by atoms with E-state index in [1.165, 1.54) is 22.5 Å². The van der Waals surface area contributed by atoms with Crippen molar-refractivity contribution in [1.82, 2.24) is 0 Å². The molecular weight excluding hydrogens is 250 g/mol. The molecule has 1 atom stereocenters. The van der Waals surface area contributed by atoms with Gasteiger partial charge in [-0.25, -0.2) is 0 Å². The SMILES string of the molecule is Clc1ccc2c(c1)NCC(Cc1cccs1)C2. The Morgan fingerprint density at radius 1 is 1.35 bits per heavy atom. The van der Waals surface area contributed by atoms with Gasteiger partial charge in [-0.05, 0) is 47.9 Å². The Kier molecular flexibility index (Phi) is 3.08. The van der Waals surface area contributed by atoms with Gasteiger partial charge in [0, 0.05) is 22.1 Å². The second-order valence-electron chi connectivity index (χ2n) is 4.54. The molecule has 1 aliphatic heterocycles. The Hall–Kier alpha value is -0.990. The van der Waals surface area contributed by atoms with Crippen molar-refractivity contribution in [3.63, 3.8) is 0 Å². The van der Waals surface area contributed by atoms with Crippen molar-refractivity contribution in [2.45, 2.75) is 12.8 Å².